The van der Waals surface area contributed by atoms with Crippen LogP contribution in [-0.2, 0) is 6.42 Å². The van der Waals surface area contributed by atoms with E-state index in [1.165, 1.54) is 105 Å². The van der Waals surface area contributed by atoms with Gasteiger partial charge in [-0.05, 0) is 75.5 Å². The Bertz CT molecular complexity index is 1050. The molecule has 4 heteroatoms. The van der Waals surface area contributed by atoms with Gasteiger partial charge >= 0.3 is 0 Å². The van der Waals surface area contributed by atoms with Crippen molar-refractivity contribution in [2.24, 2.45) is 5.92 Å². The van der Waals surface area contributed by atoms with Crippen LogP contribution in [0.1, 0.15) is 119 Å². The molecule has 0 amide bonds. The fourth-order valence-corrected chi connectivity index (χ4v) is 15.9. The van der Waals surface area contributed by atoms with Crippen LogP contribution >= 0.6 is 44.0 Å². The summed E-state index contributed by atoms with van der Waals surface area (Å²) in [5.74, 6) is 2.22. The van der Waals surface area contributed by atoms with Gasteiger partial charge in [0.05, 0.1) is 14.0 Å². The van der Waals surface area contributed by atoms with Gasteiger partial charge in [-0.3, -0.25) is 0 Å². The summed E-state index contributed by atoms with van der Waals surface area (Å²) >= 11 is 6.31. The van der Waals surface area contributed by atoms with E-state index < -0.39 is 10.0 Å². The molecule has 0 bridgehead atoms. The average Bonchev–Trinajstić information content (AvgIpc) is 3.64. The summed E-state index contributed by atoms with van der Waals surface area (Å²) < 4.78 is 1.71. The molecule has 0 saturated heterocycles. The zero-order valence-corrected chi connectivity index (χ0v) is 27.4. The maximum atomic E-state index is 2.61. The molecule has 0 saturated carbocycles. The maximum absolute atomic E-state index is 2.61. The van der Waals surface area contributed by atoms with E-state index in [-0.39, 0.29) is 0 Å². The van der Waals surface area contributed by atoms with Gasteiger partial charge in [-0.15, -0.1) is 44.0 Å². The Morgan fingerprint density at radius 3 is 1.84 bits per heavy atom. The van der Waals surface area contributed by atoms with Crippen molar-refractivity contribution in [1.82, 2.24) is 0 Å². The lowest BCUT2D eigenvalue weighted by Crippen LogP contribution is -2.14. The third kappa shape index (κ3) is 6.79. The molecule has 0 spiro atoms. The molecule has 0 nitrogen and oxygen atoms in total. The summed E-state index contributed by atoms with van der Waals surface area (Å²) in [4.78, 5) is 11.3. The summed E-state index contributed by atoms with van der Waals surface area (Å²) in [6.07, 6.45) is 19.2. The fourth-order valence-electron chi connectivity index (χ4n) is 6.01. The van der Waals surface area contributed by atoms with E-state index in [0.29, 0.717) is 0 Å². The van der Waals surface area contributed by atoms with Gasteiger partial charge in [0.1, 0.15) is 0 Å². The van der Waals surface area contributed by atoms with Gasteiger partial charge in [-0.25, -0.2) is 0 Å². The second-order valence-electron chi connectivity index (χ2n) is 11.2. The van der Waals surface area contributed by atoms with Crippen LogP contribution in [0.5, 0.6) is 0 Å². The Hall–Kier alpha value is -0.550. The molecule has 37 heavy (non-hydrogen) atoms. The fraction of sp³-hybridized carbons (Fsp3) is 0.636. The van der Waals surface area contributed by atoms with Crippen molar-refractivity contribution in [3.8, 4) is 9.75 Å². The summed E-state index contributed by atoms with van der Waals surface area (Å²) in [6.45, 7) is 11.7. The van der Waals surface area contributed by atoms with Crippen molar-refractivity contribution in [2.75, 3.05) is 5.75 Å². The molecular formula is C33H50S4. The minimum Gasteiger partial charge on any atom is -0.148 e. The molecular weight excluding hydrogens is 525 g/mol. The average molecular weight is 575 g/mol. The number of fused-ring (bicyclic) bond motifs is 3. The van der Waals surface area contributed by atoms with Crippen molar-refractivity contribution in [1.29, 1.82) is 0 Å². The Morgan fingerprint density at radius 1 is 0.649 bits per heavy atom. The van der Waals surface area contributed by atoms with Gasteiger partial charge in [0.15, 0.2) is 0 Å². The van der Waals surface area contributed by atoms with E-state index >= 15 is 0 Å². The smallest absolute Gasteiger partial charge is 0.0584 e. The topological polar surface area (TPSA) is 0 Å². The molecule has 0 aromatic carbocycles. The van der Waals surface area contributed by atoms with Crippen LogP contribution in [0.15, 0.2) is 38.3 Å². The molecule has 0 aliphatic carbocycles. The molecule has 0 N–H and O–H groups in total. The Balaban J connectivity index is 1.69. The Labute approximate surface area is 241 Å². The highest BCUT2D eigenvalue weighted by molar-refractivity contribution is 8.35. The summed E-state index contributed by atoms with van der Waals surface area (Å²) in [5, 5.41) is 0. The van der Waals surface area contributed by atoms with Gasteiger partial charge in [-0.1, -0.05) is 85.0 Å². The van der Waals surface area contributed by atoms with Crippen molar-refractivity contribution < 1.29 is 0 Å². The number of hydrogen-bond donors (Lipinski definition) is 0. The van der Waals surface area contributed by atoms with Crippen LogP contribution in [0.3, 0.4) is 0 Å². The summed E-state index contributed by atoms with van der Waals surface area (Å²) in [7, 11) is -1.17. The Morgan fingerprint density at radius 2 is 1.22 bits per heavy atom. The lowest BCUT2D eigenvalue weighted by Gasteiger charge is -2.39. The first-order valence-corrected chi connectivity index (χ1v) is 19.4. The normalized spacial score (nSPS) is 15.6. The van der Waals surface area contributed by atoms with Gasteiger partial charge in [-0.2, -0.15) is 0 Å². The molecule has 1 unspecified atom stereocenters. The number of rotatable bonds is 17. The van der Waals surface area contributed by atoms with E-state index in [2.05, 4.69) is 92.9 Å². The molecule has 1 atom stereocenters. The van der Waals surface area contributed by atoms with Gasteiger partial charge in [0, 0.05) is 24.4 Å². The van der Waals surface area contributed by atoms with E-state index in [4.69, 9.17) is 0 Å². The minimum absolute atomic E-state index is 0.839. The first kappa shape index (κ1) is 29.4. The van der Waals surface area contributed by atoms with E-state index in [9.17, 15) is 0 Å². The molecule has 4 rings (SSSR count). The summed E-state index contributed by atoms with van der Waals surface area (Å²) in [6, 6.07) is 10.3. The molecule has 3 aromatic rings. The number of aryl methyl sites for hydroxylation is 3. The maximum Gasteiger partial charge on any atom is 0.0584 e. The van der Waals surface area contributed by atoms with Crippen LogP contribution in [0.2, 0.25) is 0 Å². The van der Waals surface area contributed by atoms with Crippen LogP contribution in [-0.4, -0.2) is 5.75 Å². The van der Waals surface area contributed by atoms with Crippen LogP contribution in [0, 0.1) is 19.8 Å². The molecule has 4 heterocycles. The predicted molar refractivity (Wildman–Crippen MR) is 173 cm³/mol. The molecule has 1 aliphatic rings. The molecule has 3 aromatic heterocycles. The number of thiophene rings is 3. The molecule has 1 aliphatic heterocycles. The zero-order chi connectivity index (χ0) is 26.3. The first-order valence-electron chi connectivity index (χ1n) is 15.1. The monoisotopic (exact) mass is 574 g/mol. The first-order chi connectivity index (χ1) is 18.0. The highest BCUT2D eigenvalue weighted by atomic mass is 32.3. The molecule has 0 radical (unpaired) electrons. The summed E-state index contributed by atoms with van der Waals surface area (Å²) in [5.41, 5.74) is 0. The minimum atomic E-state index is -1.17. The van der Waals surface area contributed by atoms with Crippen molar-refractivity contribution in [3.63, 3.8) is 0 Å². The largest absolute Gasteiger partial charge is 0.148 e. The van der Waals surface area contributed by atoms with Crippen molar-refractivity contribution in [2.45, 2.75) is 139 Å². The highest BCUT2D eigenvalue weighted by Crippen LogP contribution is 2.80. The van der Waals surface area contributed by atoms with Gasteiger partial charge in [0.2, 0.25) is 0 Å². The van der Waals surface area contributed by atoms with Crippen LogP contribution in [0.25, 0.3) is 9.75 Å². The van der Waals surface area contributed by atoms with Crippen molar-refractivity contribution >= 4 is 44.0 Å². The Kier molecular flexibility index (Phi) is 11.3. The lowest BCUT2D eigenvalue weighted by atomic mass is 9.97. The van der Waals surface area contributed by atoms with Gasteiger partial charge in [0.25, 0.3) is 0 Å². The zero-order valence-electron chi connectivity index (χ0n) is 24.1. The van der Waals surface area contributed by atoms with Gasteiger partial charge < -0.3 is 0 Å². The van der Waals surface area contributed by atoms with Crippen molar-refractivity contribution in [3.05, 3.63) is 38.9 Å². The van der Waals surface area contributed by atoms with E-state index in [0.717, 1.165) is 5.92 Å². The lowest BCUT2D eigenvalue weighted by molar-refractivity contribution is 0.449. The third-order valence-corrected chi connectivity index (χ3v) is 16.5. The van der Waals surface area contributed by atoms with Crippen LogP contribution < -0.4 is 0 Å². The van der Waals surface area contributed by atoms with E-state index in [1.807, 2.05) is 0 Å². The second-order valence-corrected chi connectivity index (χ2v) is 18.3. The van der Waals surface area contributed by atoms with E-state index in [1.54, 1.807) is 28.6 Å². The SMILES string of the molecule is CCCCCCCc1ccc(S2(CC(CCCC)CCCCCC)c3cc(C)sc3-c3sc(C)cc32)s1. The standard InChI is InChI=1S/C33H50S4/c1-6-9-12-14-16-19-28-20-21-31(36-28)37(24-27(17-11-8-3)18-15-13-10-7-2)29-22-25(4)34-32(29)33-30(37)23-26(5)35-33/h20-23,27H,6-19,24H2,1-5H3. The predicted octanol–water partition coefficient (Wildman–Crippen LogP) is 13.0. The van der Waals surface area contributed by atoms with Crippen LogP contribution in [0.4, 0.5) is 0 Å². The highest BCUT2D eigenvalue weighted by Gasteiger charge is 2.45. The molecule has 0 fully saturated rings. The molecule has 206 valence electrons. The number of unbranched alkanes of at least 4 members (excludes halogenated alkanes) is 8. The second kappa shape index (κ2) is 14.2. The quantitative estimate of drug-likeness (QED) is 0.141. The number of hydrogen-bond acceptors (Lipinski definition) is 3. The third-order valence-electron chi connectivity index (χ3n) is 8.02.